The van der Waals surface area contributed by atoms with Crippen molar-refractivity contribution in [1.82, 2.24) is 4.98 Å². The maximum Gasteiger partial charge on any atom is 0.272 e. The first kappa shape index (κ1) is 19.0. The normalized spacial score (nSPS) is 10.4. The van der Waals surface area contributed by atoms with Crippen LogP contribution in [0.2, 0.25) is 0 Å². The number of nitrogens with zero attached hydrogens (tertiary/aromatic N) is 3. The number of benzene rings is 2. The Kier molecular flexibility index (Phi) is 5.64. The van der Waals surface area contributed by atoms with Gasteiger partial charge in [-0.15, -0.1) is 0 Å². The van der Waals surface area contributed by atoms with E-state index in [-0.39, 0.29) is 16.5 Å². The van der Waals surface area contributed by atoms with Gasteiger partial charge < -0.3 is 10.2 Å². The number of amides is 1. The number of aryl methyl sites for hydroxylation is 1. The summed E-state index contributed by atoms with van der Waals surface area (Å²) in [5.74, 6) is -0.102. The van der Waals surface area contributed by atoms with E-state index >= 15 is 0 Å². The lowest BCUT2D eigenvalue weighted by Gasteiger charge is -2.18. The maximum atomic E-state index is 12.5. The van der Waals surface area contributed by atoms with Gasteiger partial charge in [-0.05, 0) is 48.9 Å². The van der Waals surface area contributed by atoms with Gasteiger partial charge in [0.2, 0.25) is 0 Å². The standard InChI is InChI=1S/C21H20N4O3/c1-15-13-18(5-8-20(15)25(27)28)23-14-16-3-6-19(7-4-16)24(2)21(26)17-9-11-22-12-10-17/h3-13,23H,14H2,1-2H3. The van der Waals surface area contributed by atoms with Crippen LogP contribution in [0.1, 0.15) is 21.5 Å². The van der Waals surface area contributed by atoms with Crippen LogP contribution in [0.3, 0.4) is 0 Å². The van der Waals surface area contributed by atoms with Gasteiger partial charge >= 0.3 is 0 Å². The van der Waals surface area contributed by atoms with E-state index in [9.17, 15) is 14.9 Å². The zero-order valence-corrected chi connectivity index (χ0v) is 15.6. The summed E-state index contributed by atoms with van der Waals surface area (Å²) in [6.45, 7) is 2.29. The summed E-state index contributed by atoms with van der Waals surface area (Å²) in [5.41, 5.74) is 3.94. The predicted octanol–water partition coefficient (Wildman–Crippen LogP) is 4.19. The first-order chi connectivity index (χ1) is 13.5. The second-order valence-electron chi connectivity index (χ2n) is 6.38. The van der Waals surface area contributed by atoms with Gasteiger partial charge in [0.1, 0.15) is 0 Å². The number of aromatic nitrogens is 1. The van der Waals surface area contributed by atoms with Crippen molar-refractivity contribution in [1.29, 1.82) is 0 Å². The molecule has 1 heterocycles. The van der Waals surface area contributed by atoms with E-state index in [2.05, 4.69) is 10.3 Å². The van der Waals surface area contributed by atoms with Gasteiger partial charge in [0.15, 0.2) is 0 Å². The van der Waals surface area contributed by atoms with E-state index in [0.29, 0.717) is 17.7 Å². The summed E-state index contributed by atoms with van der Waals surface area (Å²) < 4.78 is 0. The minimum Gasteiger partial charge on any atom is -0.381 e. The van der Waals surface area contributed by atoms with Crippen LogP contribution >= 0.6 is 0 Å². The fourth-order valence-corrected chi connectivity index (χ4v) is 2.82. The molecule has 7 heteroatoms. The van der Waals surface area contributed by atoms with Crippen molar-refractivity contribution in [3.63, 3.8) is 0 Å². The monoisotopic (exact) mass is 376 g/mol. The molecule has 2 aromatic carbocycles. The van der Waals surface area contributed by atoms with Gasteiger partial charge in [-0.2, -0.15) is 0 Å². The van der Waals surface area contributed by atoms with Crippen molar-refractivity contribution in [2.24, 2.45) is 0 Å². The molecule has 1 N–H and O–H groups in total. The van der Waals surface area contributed by atoms with Crippen LogP contribution < -0.4 is 10.2 Å². The van der Waals surface area contributed by atoms with E-state index in [1.165, 1.54) is 6.07 Å². The molecule has 0 fully saturated rings. The van der Waals surface area contributed by atoms with E-state index in [0.717, 1.165) is 16.9 Å². The minimum absolute atomic E-state index is 0.102. The molecule has 0 spiro atoms. The lowest BCUT2D eigenvalue weighted by atomic mass is 10.1. The zero-order valence-electron chi connectivity index (χ0n) is 15.6. The van der Waals surface area contributed by atoms with Crippen molar-refractivity contribution in [2.75, 3.05) is 17.3 Å². The second kappa shape index (κ2) is 8.30. The number of rotatable bonds is 6. The Morgan fingerprint density at radius 2 is 1.79 bits per heavy atom. The highest BCUT2D eigenvalue weighted by atomic mass is 16.6. The van der Waals surface area contributed by atoms with Gasteiger partial charge in [-0.3, -0.25) is 19.9 Å². The number of carbonyl (C=O) groups is 1. The van der Waals surface area contributed by atoms with Gasteiger partial charge in [0.25, 0.3) is 11.6 Å². The van der Waals surface area contributed by atoms with Gasteiger partial charge in [-0.1, -0.05) is 12.1 Å². The number of nitrogens with one attached hydrogen (secondary N) is 1. The number of pyridine rings is 1. The summed E-state index contributed by atoms with van der Waals surface area (Å²) >= 11 is 0. The van der Waals surface area contributed by atoms with E-state index in [1.54, 1.807) is 55.5 Å². The Morgan fingerprint density at radius 3 is 2.39 bits per heavy atom. The topological polar surface area (TPSA) is 88.4 Å². The number of nitro groups is 1. The molecule has 0 unspecified atom stereocenters. The number of nitro benzene ring substituents is 1. The second-order valence-corrected chi connectivity index (χ2v) is 6.38. The lowest BCUT2D eigenvalue weighted by Crippen LogP contribution is -2.26. The van der Waals surface area contributed by atoms with Crippen LogP contribution in [-0.4, -0.2) is 22.9 Å². The number of hydrogen-bond donors (Lipinski definition) is 1. The fourth-order valence-electron chi connectivity index (χ4n) is 2.82. The Labute approximate surface area is 162 Å². The van der Waals surface area contributed by atoms with Crippen molar-refractivity contribution in [3.05, 3.63) is 93.8 Å². The highest BCUT2D eigenvalue weighted by Gasteiger charge is 2.13. The third kappa shape index (κ3) is 4.32. The Morgan fingerprint density at radius 1 is 1.11 bits per heavy atom. The van der Waals surface area contributed by atoms with Gasteiger partial charge in [0, 0.05) is 54.6 Å². The SMILES string of the molecule is Cc1cc(NCc2ccc(N(C)C(=O)c3ccncc3)cc2)ccc1[N+](=O)[O-]. The molecular weight excluding hydrogens is 356 g/mol. The molecule has 3 aromatic rings. The van der Waals surface area contributed by atoms with Crippen molar-refractivity contribution < 1.29 is 9.72 Å². The molecule has 0 aliphatic carbocycles. The summed E-state index contributed by atoms with van der Waals surface area (Å²) in [6, 6.07) is 16.0. The van der Waals surface area contributed by atoms with Gasteiger partial charge in [-0.25, -0.2) is 0 Å². The molecule has 1 aromatic heterocycles. The Bertz CT molecular complexity index is 988. The molecule has 0 aliphatic rings. The van der Waals surface area contributed by atoms with Crippen LogP contribution in [0.5, 0.6) is 0 Å². The van der Waals surface area contributed by atoms with Crippen LogP contribution in [0.25, 0.3) is 0 Å². The lowest BCUT2D eigenvalue weighted by molar-refractivity contribution is -0.385. The van der Waals surface area contributed by atoms with Crippen LogP contribution in [-0.2, 0) is 6.54 Å². The predicted molar refractivity (Wildman–Crippen MR) is 109 cm³/mol. The largest absolute Gasteiger partial charge is 0.381 e. The van der Waals surface area contributed by atoms with Crippen LogP contribution in [0, 0.1) is 17.0 Å². The molecule has 3 rings (SSSR count). The molecule has 0 saturated heterocycles. The first-order valence-corrected chi connectivity index (χ1v) is 8.71. The fraction of sp³-hybridized carbons (Fsp3) is 0.143. The van der Waals surface area contributed by atoms with E-state index < -0.39 is 0 Å². The van der Waals surface area contributed by atoms with Crippen molar-refractivity contribution in [2.45, 2.75) is 13.5 Å². The molecule has 0 radical (unpaired) electrons. The summed E-state index contributed by atoms with van der Waals surface area (Å²) in [5, 5.41) is 14.1. The van der Waals surface area contributed by atoms with Gasteiger partial charge in [0.05, 0.1) is 4.92 Å². The molecule has 0 aliphatic heterocycles. The smallest absolute Gasteiger partial charge is 0.272 e. The third-order valence-corrected chi connectivity index (χ3v) is 4.45. The quantitative estimate of drug-likeness (QED) is 0.515. The molecule has 0 saturated carbocycles. The van der Waals surface area contributed by atoms with E-state index in [1.807, 2.05) is 24.3 Å². The summed E-state index contributed by atoms with van der Waals surface area (Å²) in [7, 11) is 1.73. The average molecular weight is 376 g/mol. The Hall–Kier alpha value is -3.74. The molecule has 28 heavy (non-hydrogen) atoms. The van der Waals surface area contributed by atoms with Crippen LogP contribution in [0.15, 0.2) is 67.0 Å². The highest BCUT2D eigenvalue weighted by Crippen LogP contribution is 2.22. The van der Waals surface area contributed by atoms with Crippen molar-refractivity contribution >= 4 is 23.0 Å². The van der Waals surface area contributed by atoms with E-state index in [4.69, 9.17) is 0 Å². The Balaban J connectivity index is 1.64. The number of hydrogen-bond acceptors (Lipinski definition) is 5. The molecule has 142 valence electrons. The molecule has 7 nitrogen and oxygen atoms in total. The maximum absolute atomic E-state index is 12.5. The summed E-state index contributed by atoms with van der Waals surface area (Å²) in [6.07, 6.45) is 3.19. The van der Waals surface area contributed by atoms with Crippen molar-refractivity contribution in [3.8, 4) is 0 Å². The highest BCUT2D eigenvalue weighted by molar-refractivity contribution is 6.05. The minimum atomic E-state index is -0.387. The molecule has 0 atom stereocenters. The molecule has 0 bridgehead atoms. The number of carbonyl (C=O) groups excluding carboxylic acids is 1. The first-order valence-electron chi connectivity index (χ1n) is 8.71. The third-order valence-electron chi connectivity index (χ3n) is 4.45. The zero-order chi connectivity index (χ0) is 20.1. The average Bonchev–Trinajstić information content (AvgIpc) is 2.72. The molecular formula is C21H20N4O3. The summed E-state index contributed by atoms with van der Waals surface area (Å²) in [4.78, 5) is 28.5. The molecule has 1 amide bonds. The number of anilines is 2. The van der Waals surface area contributed by atoms with Crippen LogP contribution in [0.4, 0.5) is 17.1 Å².